The van der Waals surface area contributed by atoms with Gasteiger partial charge in [0.25, 0.3) is 0 Å². The number of quaternary nitrogens is 1. The molecule has 0 radical (unpaired) electrons. The Bertz CT molecular complexity index is 2030. The van der Waals surface area contributed by atoms with E-state index in [1.54, 1.807) is 18.3 Å². The van der Waals surface area contributed by atoms with Gasteiger partial charge in [0, 0.05) is 29.4 Å². The number of amides is 2. The zero-order chi connectivity index (χ0) is 35.7. The minimum atomic E-state index is -4.68. The van der Waals surface area contributed by atoms with Crippen molar-refractivity contribution in [2.75, 3.05) is 32.6 Å². The van der Waals surface area contributed by atoms with E-state index in [2.05, 4.69) is 11.1 Å². The number of urea groups is 1. The predicted octanol–water partition coefficient (Wildman–Crippen LogP) is 6.27. The van der Waals surface area contributed by atoms with Gasteiger partial charge in [0.05, 0.1) is 50.5 Å². The first kappa shape index (κ1) is 34.6. The van der Waals surface area contributed by atoms with Gasteiger partial charge in [0.2, 0.25) is 5.96 Å². The van der Waals surface area contributed by atoms with Gasteiger partial charge >= 0.3 is 18.2 Å². The SMILES string of the molecule is COC(=O)C1=C(C)N(c2cccc(C(F)(F)F)c2)C(=N)N(C(N)=O)[C@@H]1c1ccc(C#N)cc1CC[N+](C)(C)Cc1nccc2ccccc12. The third-order valence-corrected chi connectivity index (χ3v) is 8.66. The van der Waals surface area contributed by atoms with Crippen molar-refractivity contribution in [1.29, 1.82) is 10.7 Å². The van der Waals surface area contributed by atoms with Crippen molar-refractivity contribution in [3.63, 3.8) is 0 Å². The maximum absolute atomic E-state index is 13.7. The highest BCUT2D eigenvalue weighted by Gasteiger charge is 2.44. The van der Waals surface area contributed by atoms with Gasteiger partial charge in [-0.1, -0.05) is 36.4 Å². The van der Waals surface area contributed by atoms with Crippen LogP contribution in [0.15, 0.2) is 90.3 Å². The lowest BCUT2D eigenvalue weighted by Gasteiger charge is -2.43. The molecule has 0 saturated heterocycles. The van der Waals surface area contributed by atoms with Crippen LogP contribution in [-0.2, 0) is 28.7 Å². The Morgan fingerprint density at radius 2 is 1.82 bits per heavy atom. The first-order chi connectivity index (χ1) is 23.2. The number of anilines is 1. The van der Waals surface area contributed by atoms with Crippen molar-refractivity contribution >= 4 is 34.4 Å². The van der Waals surface area contributed by atoms with E-state index >= 15 is 0 Å². The molecule has 0 fully saturated rings. The van der Waals surface area contributed by atoms with Gasteiger partial charge in [0.1, 0.15) is 18.3 Å². The molecule has 0 saturated carbocycles. The number of nitrogens with one attached hydrogen (secondary N) is 1. The lowest BCUT2D eigenvalue weighted by atomic mass is 9.87. The largest absolute Gasteiger partial charge is 0.466 e. The number of nitriles is 1. The highest BCUT2D eigenvalue weighted by Crippen LogP contribution is 2.42. The Kier molecular flexibility index (Phi) is 9.46. The van der Waals surface area contributed by atoms with Crippen molar-refractivity contribution in [2.45, 2.75) is 32.1 Å². The molecule has 3 N–H and O–H groups in total. The van der Waals surface area contributed by atoms with Crippen LogP contribution in [0, 0.1) is 16.7 Å². The zero-order valence-electron chi connectivity index (χ0n) is 27.4. The standard InChI is InChI=1S/C36H34F3N7O3/c1-22-31(33(47)49-4)32(45(35(42)48)34(41)44(22)27-10-7-9-26(19-27)36(37,38)39)29-13-12-23(20-40)18-25(29)15-17-46(2,3)21-30-28-11-6-5-8-24(28)14-16-43-30/h5-14,16,18-19,32,41H,15,17,21H2,1-4H3,(H-,42,48)/p+1/t32-/m1/s1. The quantitative estimate of drug-likeness (QED) is 0.168. The highest BCUT2D eigenvalue weighted by atomic mass is 19.4. The van der Waals surface area contributed by atoms with Gasteiger partial charge in [0.15, 0.2) is 0 Å². The number of fused-ring (bicyclic) bond motifs is 1. The number of hydrogen-bond acceptors (Lipinski definition) is 6. The lowest BCUT2D eigenvalue weighted by Crippen LogP contribution is -2.55. The maximum Gasteiger partial charge on any atom is 0.416 e. The van der Waals surface area contributed by atoms with Crippen molar-refractivity contribution in [1.82, 2.24) is 9.88 Å². The molecular formula is C36H35F3N7O3+. The van der Waals surface area contributed by atoms with Crippen LogP contribution in [0.25, 0.3) is 10.8 Å². The molecule has 1 aliphatic rings. The first-order valence-corrected chi connectivity index (χ1v) is 15.3. The van der Waals surface area contributed by atoms with Crippen LogP contribution in [0.2, 0.25) is 0 Å². The van der Waals surface area contributed by atoms with E-state index in [1.807, 2.05) is 44.4 Å². The molecule has 1 atom stereocenters. The smallest absolute Gasteiger partial charge is 0.416 e. The van der Waals surface area contributed by atoms with Gasteiger partial charge in [-0.25, -0.2) is 9.59 Å². The van der Waals surface area contributed by atoms with E-state index in [1.165, 1.54) is 25.1 Å². The fourth-order valence-electron chi connectivity index (χ4n) is 6.24. The molecule has 49 heavy (non-hydrogen) atoms. The summed E-state index contributed by atoms with van der Waals surface area (Å²) in [7, 11) is 5.23. The number of nitrogens with zero attached hydrogens (tertiary/aromatic N) is 5. The third-order valence-electron chi connectivity index (χ3n) is 8.66. The number of aromatic nitrogens is 1. The average molecular weight is 671 g/mol. The minimum absolute atomic E-state index is 0.0760. The second kappa shape index (κ2) is 13.4. The molecule has 1 aromatic heterocycles. The number of ether oxygens (including phenoxy) is 1. The van der Waals surface area contributed by atoms with Crippen molar-refractivity contribution in [2.24, 2.45) is 5.73 Å². The molecule has 10 nitrogen and oxygen atoms in total. The summed E-state index contributed by atoms with van der Waals surface area (Å²) in [6.07, 6.45) is -2.53. The van der Waals surface area contributed by atoms with Gasteiger partial charge in [-0.3, -0.25) is 20.2 Å². The number of rotatable bonds is 8. The topological polar surface area (TPSA) is 136 Å². The molecule has 1 aliphatic heterocycles. The van der Waals surface area contributed by atoms with Gasteiger partial charge in [-0.2, -0.15) is 18.4 Å². The number of alkyl halides is 3. The monoisotopic (exact) mass is 670 g/mol. The van der Waals surface area contributed by atoms with Gasteiger partial charge in [-0.15, -0.1) is 0 Å². The molecule has 0 bridgehead atoms. The number of pyridine rings is 1. The Labute approximate surface area is 281 Å². The minimum Gasteiger partial charge on any atom is -0.466 e. The number of allylic oxidation sites excluding steroid dienone is 1. The number of halogens is 3. The first-order valence-electron chi connectivity index (χ1n) is 15.3. The van der Waals surface area contributed by atoms with E-state index in [4.69, 9.17) is 15.9 Å². The summed E-state index contributed by atoms with van der Waals surface area (Å²) in [5, 5.41) is 20.9. The van der Waals surface area contributed by atoms with Crippen LogP contribution in [0.5, 0.6) is 0 Å². The normalized spacial score (nSPS) is 15.4. The van der Waals surface area contributed by atoms with E-state index in [0.29, 0.717) is 40.7 Å². The van der Waals surface area contributed by atoms with Crippen LogP contribution in [0.1, 0.15) is 40.9 Å². The number of guanidine groups is 1. The number of carbonyl (C=O) groups excluding carboxylic acids is 2. The van der Waals surface area contributed by atoms with Crippen LogP contribution >= 0.6 is 0 Å². The van der Waals surface area contributed by atoms with Crippen molar-refractivity contribution in [3.8, 4) is 6.07 Å². The number of hydrogen-bond donors (Lipinski definition) is 2. The summed E-state index contributed by atoms with van der Waals surface area (Å²) in [5.74, 6) is -1.43. The molecule has 13 heteroatoms. The Morgan fingerprint density at radius 3 is 2.49 bits per heavy atom. The van der Waals surface area contributed by atoms with Crippen LogP contribution < -0.4 is 10.6 Å². The Morgan fingerprint density at radius 1 is 1.08 bits per heavy atom. The summed E-state index contributed by atoms with van der Waals surface area (Å²) < 4.78 is 46.6. The molecule has 0 aliphatic carbocycles. The van der Waals surface area contributed by atoms with Crippen molar-refractivity contribution < 1.29 is 32.0 Å². The van der Waals surface area contributed by atoms with E-state index < -0.39 is 35.7 Å². The molecule has 2 heterocycles. The number of likely N-dealkylation sites (N-methyl/N-ethyl adjacent to an activating group) is 1. The number of methoxy groups -OCH3 is 1. The number of esters is 1. The van der Waals surface area contributed by atoms with Crippen LogP contribution in [0.3, 0.4) is 0 Å². The van der Waals surface area contributed by atoms with E-state index in [9.17, 15) is 28.0 Å². The van der Waals surface area contributed by atoms with Crippen LogP contribution in [-0.4, -0.2) is 60.1 Å². The molecule has 5 rings (SSSR count). The number of primary amides is 1. The average Bonchev–Trinajstić information content (AvgIpc) is 3.06. The zero-order valence-corrected chi connectivity index (χ0v) is 27.4. The number of benzene rings is 3. The summed E-state index contributed by atoms with van der Waals surface area (Å²) in [6.45, 7) is 2.58. The summed E-state index contributed by atoms with van der Waals surface area (Å²) in [5.41, 5.74) is 7.02. The number of carbonyl (C=O) groups is 2. The van der Waals surface area contributed by atoms with Gasteiger partial charge < -0.3 is 15.0 Å². The maximum atomic E-state index is 13.7. The van der Waals surface area contributed by atoms with Gasteiger partial charge in [-0.05, 0) is 59.8 Å². The third kappa shape index (κ3) is 6.95. The molecular weight excluding hydrogens is 635 g/mol. The lowest BCUT2D eigenvalue weighted by molar-refractivity contribution is -0.903. The summed E-state index contributed by atoms with van der Waals surface area (Å²) in [4.78, 5) is 33.2. The van der Waals surface area contributed by atoms with Crippen molar-refractivity contribution in [3.05, 3.63) is 118 Å². The molecule has 252 valence electrons. The van der Waals surface area contributed by atoms with Crippen LogP contribution in [0.4, 0.5) is 23.7 Å². The molecule has 0 unspecified atom stereocenters. The molecule has 3 aromatic carbocycles. The second-order valence-electron chi connectivity index (χ2n) is 12.4. The second-order valence-corrected chi connectivity index (χ2v) is 12.4. The predicted molar refractivity (Wildman–Crippen MR) is 178 cm³/mol. The van der Waals surface area contributed by atoms with E-state index in [0.717, 1.165) is 45.5 Å². The highest BCUT2D eigenvalue weighted by molar-refractivity contribution is 6.10. The summed E-state index contributed by atoms with van der Waals surface area (Å²) in [6, 6.07) is 18.7. The fraction of sp³-hybridized carbons (Fsp3) is 0.250. The Balaban J connectivity index is 1.60. The summed E-state index contributed by atoms with van der Waals surface area (Å²) >= 11 is 0. The molecule has 0 spiro atoms. The number of nitrogens with two attached hydrogens (primary N) is 1. The molecule has 4 aromatic rings. The fourth-order valence-corrected chi connectivity index (χ4v) is 6.24. The molecule has 2 amide bonds. The Hall–Kier alpha value is -5.74. The van der Waals surface area contributed by atoms with E-state index in [-0.39, 0.29) is 17.0 Å².